The number of rotatable bonds is 8. The monoisotopic (exact) mass is 297 g/mol. The number of amides is 1. The van der Waals surface area contributed by atoms with Crippen LogP contribution < -0.4 is 11.1 Å². The molecule has 0 spiro atoms. The highest BCUT2D eigenvalue weighted by atomic mass is 16.1. The van der Waals surface area contributed by atoms with Crippen molar-refractivity contribution in [2.75, 3.05) is 26.2 Å². The Kier molecular flexibility index (Phi) is 7.67. The van der Waals surface area contributed by atoms with Gasteiger partial charge in [-0.1, -0.05) is 27.7 Å². The molecular formula is C17H35N3O. The van der Waals surface area contributed by atoms with Crippen molar-refractivity contribution in [2.45, 2.75) is 65.8 Å². The van der Waals surface area contributed by atoms with Crippen molar-refractivity contribution in [3.63, 3.8) is 0 Å². The lowest BCUT2D eigenvalue weighted by Gasteiger charge is -2.30. The number of nitrogens with zero attached hydrogens (tertiary/aromatic N) is 1. The average Bonchev–Trinajstić information content (AvgIpc) is 2.87. The minimum Gasteiger partial charge on any atom is -0.355 e. The van der Waals surface area contributed by atoms with Gasteiger partial charge in [0.25, 0.3) is 0 Å². The van der Waals surface area contributed by atoms with Crippen molar-refractivity contribution in [3.8, 4) is 0 Å². The fraction of sp³-hybridized carbons (Fsp3) is 0.941. The molecule has 1 saturated heterocycles. The first kappa shape index (κ1) is 18.4. The molecule has 2 atom stereocenters. The zero-order valence-corrected chi connectivity index (χ0v) is 14.5. The van der Waals surface area contributed by atoms with Gasteiger partial charge >= 0.3 is 0 Å². The standard InChI is InChI=1S/C17H35N3O/c1-5-20-12-6-7-15(20)13-19-16(21)9-8-14(10-11-18)17(2,3)4/h14-15H,5-13,18H2,1-4H3,(H,19,21). The van der Waals surface area contributed by atoms with E-state index in [0.29, 0.717) is 24.9 Å². The van der Waals surface area contributed by atoms with Gasteiger partial charge in [0.2, 0.25) is 5.91 Å². The van der Waals surface area contributed by atoms with E-state index in [2.05, 4.69) is 37.9 Å². The Hall–Kier alpha value is -0.610. The molecule has 0 aromatic carbocycles. The third-order valence-corrected chi connectivity index (χ3v) is 4.90. The SMILES string of the molecule is CCN1CCCC1CNC(=O)CCC(CCN)C(C)(C)C. The summed E-state index contributed by atoms with van der Waals surface area (Å²) in [6.45, 7) is 12.7. The molecule has 4 nitrogen and oxygen atoms in total. The molecule has 1 aliphatic rings. The molecule has 1 fully saturated rings. The van der Waals surface area contributed by atoms with Gasteiger partial charge in [-0.15, -0.1) is 0 Å². The Morgan fingerprint density at radius 3 is 2.67 bits per heavy atom. The molecule has 2 unspecified atom stereocenters. The summed E-state index contributed by atoms with van der Waals surface area (Å²) in [7, 11) is 0. The molecular weight excluding hydrogens is 262 g/mol. The average molecular weight is 297 g/mol. The number of nitrogens with two attached hydrogens (primary N) is 1. The highest BCUT2D eigenvalue weighted by molar-refractivity contribution is 5.75. The molecule has 4 heteroatoms. The molecule has 1 amide bonds. The Labute approximate surface area is 130 Å². The van der Waals surface area contributed by atoms with Crippen LogP contribution in [0.25, 0.3) is 0 Å². The Morgan fingerprint density at radius 1 is 1.38 bits per heavy atom. The molecule has 1 rings (SSSR count). The molecule has 0 aromatic heterocycles. The predicted octanol–water partition coefficient (Wildman–Crippen LogP) is 2.38. The summed E-state index contributed by atoms with van der Waals surface area (Å²) in [6, 6.07) is 0.543. The maximum atomic E-state index is 12.1. The van der Waals surface area contributed by atoms with Crippen LogP contribution >= 0.6 is 0 Å². The van der Waals surface area contributed by atoms with Crippen LogP contribution in [0, 0.1) is 11.3 Å². The molecule has 3 N–H and O–H groups in total. The lowest BCUT2D eigenvalue weighted by atomic mass is 9.76. The quantitative estimate of drug-likeness (QED) is 0.723. The molecule has 124 valence electrons. The summed E-state index contributed by atoms with van der Waals surface area (Å²) in [5.74, 6) is 0.719. The number of likely N-dealkylation sites (N-methyl/N-ethyl adjacent to an activating group) is 1. The van der Waals surface area contributed by atoms with Crippen molar-refractivity contribution in [1.82, 2.24) is 10.2 Å². The van der Waals surface area contributed by atoms with Crippen LogP contribution in [0.2, 0.25) is 0 Å². The van der Waals surface area contributed by atoms with E-state index < -0.39 is 0 Å². The second-order valence-corrected chi connectivity index (χ2v) is 7.41. The van der Waals surface area contributed by atoms with Gasteiger partial charge < -0.3 is 11.1 Å². The minimum absolute atomic E-state index is 0.198. The second-order valence-electron chi connectivity index (χ2n) is 7.41. The van der Waals surface area contributed by atoms with Crippen molar-refractivity contribution >= 4 is 5.91 Å². The third kappa shape index (κ3) is 6.35. The predicted molar refractivity (Wildman–Crippen MR) is 89.1 cm³/mol. The van der Waals surface area contributed by atoms with Gasteiger partial charge in [-0.05, 0) is 56.7 Å². The smallest absolute Gasteiger partial charge is 0.220 e. The van der Waals surface area contributed by atoms with Gasteiger partial charge in [-0.3, -0.25) is 9.69 Å². The largest absolute Gasteiger partial charge is 0.355 e. The lowest BCUT2D eigenvalue weighted by molar-refractivity contribution is -0.121. The summed E-state index contributed by atoms with van der Waals surface area (Å²) in [4.78, 5) is 14.5. The van der Waals surface area contributed by atoms with Crippen LogP contribution in [-0.4, -0.2) is 43.0 Å². The molecule has 1 aliphatic heterocycles. The topological polar surface area (TPSA) is 58.4 Å². The minimum atomic E-state index is 0.198. The van der Waals surface area contributed by atoms with E-state index in [4.69, 9.17) is 5.73 Å². The van der Waals surface area contributed by atoms with E-state index in [9.17, 15) is 4.79 Å². The van der Waals surface area contributed by atoms with Gasteiger partial charge in [-0.2, -0.15) is 0 Å². The first-order valence-corrected chi connectivity index (χ1v) is 8.59. The molecule has 1 heterocycles. The lowest BCUT2D eigenvalue weighted by Crippen LogP contribution is -2.40. The van der Waals surface area contributed by atoms with E-state index >= 15 is 0 Å². The third-order valence-electron chi connectivity index (χ3n) is 4.90. The normalized spacial score (nSPS) is 21.5. The van der Waals surface area contributed by atoms with Gasteiger partial charge in [0.15, 0.2) is 0 Å². The fourth-order valence-electron chi connectivity index (χ4n) is 3.38. The summed E-state index contributed by atoms with van der Waals surface area (Å²) in [6.07, 6.45) is 5.04. The van der Waals surface area contributed by atoms with Crippen LogP contribution in [0.5, 0.6) is 0 Å². The first-order chi connectivity index (χ1) is 9.88. The highest BCUT2D eigenvalue weighted by Crippen LogP contribution is 2.32. The highest BCUT2D eigenvalue weighted by Gasteiger charge is 2.25. The van der Waals surface area contributed by atoms with Crippen LogP contribution in [0.15, 0.2) is 0 Å². The van der Waals surface area contributed by atoms with Crippen LogP contribution in [0.4, 0.5) is 0 Å². The number of carbonyl (C=O) groups is 1. The van der Waals surface area contributed by atoms with Crippen molar-refractivity contribution in [3.05, 3.63) is 0 Å². The van der Waals surface area contributed by atoms with Crippen LogP contribution in [-0.2, 0) is 4.79 Å². The van der Waals surface area contributed by atoms with Crippen molar-refractivity contribution in [1.29, 1.82) is 0 Å². The van der Waals surface area contributed by atoms with Crippen LogP contribution in [0.3, 0.4) is 0 Å². The summed E-state index contributed by atoms with van der Waals surface area (Å²) in [5, 5.41) is 3.13. The van der Waals surface area contributed by atoms with Crippen molar-refractivity contribution < 1.29 is 4.79 Å². The Morgan fingerprint density at radius 2 is 2.10 bits per heavy atom. The Bertz CT molecular complexity index is 312. The van der Waals surface area contributed by atoms with E-state index in [1.807, 2.05) is 0 Å². The molecule has 0 radical (unpaired) electrons. The fourth-order valence-corrected chi connectivity index (χ4v) is 3.38. The number of carbonyl (C=O) groups excluding carboxylic acids is 1. The number of hydrogen-bond donors (Lipinski definition) is 2. The van der Waals surface area contributed by atoms with Gasteiger partial charge in [-0.25, -0.2) is 0 Å². The van der Waals surface area contributed by atoms with Crippen LogP contribution in [0.1, 0.15) is 59.8 Å². The first-order valence-electron chi connectivity index (χ1n) is 8.59. The molecule has 0 bridgehead atoms. The number of nitrogens with one attached hydrogen (secondary N) is 1. The summed E-state index contributed by atoms with van der Waals surface area (Å²) >= 11 is 0. The van der Waals surface area contributed by atoms with E-state index in [1.54, 1.807) is 0 Å². The number of hydrogen-bond acceptors (Lipinski definition) is 3. The van der Waals surface area contributed by atoms with E-state index in [-0.39, 0.29) is 11.3 Å². The van der Waals surface area contributed by atoms with Gasteiger partial charge in [0.05, 0.1) is 0 Å². The maximum Gasteiger partial charge on any atom is 0.220 e. The molecule has 21 heavy (non-hydrogen) atoms. The van der Waals surface area contributed by atoms with E-state index in [0.717, 1.165) is 25.9 Å². The van der Waals surface area contributed by atoms with E-state index in [1.165, 1.54) is 19.4 Å². The number of likely N-dealkylation sites (tertiary alicyclic amines) is 1. The second kappa shape index (κ2) is 8.74. The van der Waals surface area contributed by atoms with Crippen molar-refractivity contribution in [2.24, 2.45) is 17.1 Å². The molecule has 0 aromatic rings. The summed E-state index contributed by atoms with van der Waals surface area (Å²) < 4.78 is 0. The Balaban J connectivity index is 2.29. The zero-order chi connectivity index (χ0) is 15.9. The van der Waals surface area contributed by atoms with Gasteiger partial charge in [0.1, 0.15) is 0 Å². The molecule has 0 saturated carbocycles. The maximum absolute atomic E-state index is 12.1. The molecule has 0 aliphatic carbocycles. The zero-order valence-electron chi connectivity index (χ0n) is 14.5. The summed E-state index contributed by atoms with van der Waals surface area (Å²) in [5.41, 5.74) is 5.92. The van der Waals surface area contributed by atoms with Gasteiger partial charge in [0, 0.05) is 19.0 Å².